The number of unbranched alkanes of at least 4 members (excludes halogenated alkanes) is 1. The fourth-order valence-electron chi connectivity index (χ4n) is 2.63. The number of alkyl halides is 1. The lowest BCUT2D eigenvalue weighted by molar-refractivity contribution is 0.0951. The summed E-state index contributed by atoms with van der Waals surface area (Å²) in [7, 11) is 0. The average Bonchev–Trinajstić information content (AvgIpc) is 2.69. The zero-order chi connectivity index (χ0) is 18.2. The van der Waals surface area contributed by atoms with Crippen LogP contribution in [0.15, 0.2) is 60.8 Å². The molecule has 0 radical (unpaired) electrons. The minimum absolute atomic E-state index is 0.0978. The van der Waals surface area contributed by atoms with Crippen LogP contribution in [0.25, 0.3) is 10.9 Å². The number of nitrogens with zero attached hydrogens (tertiary/aromatic N) is 1. The highest BCUT2D eigenvalue weighted by atomic mass is 79.9. The monoisotopic (exact) mass is 412 g/mol. The van der Waals surface area contributed by atoms with E-state index in [9.17, 15) is 4.79 Å². The van der Waals surface area contributed by atoms with Crippen molar-refractivity contribution in [3.8, 4) is 5.75 Å². The van der Waals surface area contributed by atoms with Crippen LogP contribution < -0.4 is 10.1 Å². The highest BCUT2D eigenvalue weighted by molar-refractivity contribution is 9.09. The Kier molecular flexibility index (Phi) is 6.61. The summed E-state index contributed by atoms with van der Waals surface area (Å²) in [6.45, 7) is 1.16. The summed E-state index contributed by atoms with van der Waals surface area (Å²) < 4.78 is 5.75. The van der Waals surface area contributed by atoms with Gasteiger partial charge in [0.25, 0.3) is 5.91 Å². The first-order valence-corrected chi connectivity index (χ1v) is 9.79. The summed E-state index contributed by atoms with van der Waals surface area (Å²) in [5, 5.41) is 4.91. The van der Waals surface area contributed by atoms with Gasteiger partial charge in [-0.2, -0.15) is 0 Å². The molecule has 0 aliphatic heterocycles. The smallest absolute Gasteiger partial charge is 0.251 e. The molecule has 134 valence electrons. The Bertz CT molecular complexity index is 883. The maximum Gasteiger partial charge on any atom is 0.251 e. The molecule has 0 atom stereocenters. The summed E-state index contributed by atoms with van der Waals surface area (Å²) in [6.07, 6.45) is 3.86. The number of hydrogen-bond acceptors (Lipinski definition) is 3. The highest BCUT2D eigenvalue weighted by Gasteiger charge is 2.07. The number of carbonyl (C=O) groups excluding carboxylic acids is 1. The normalized spacial score (nSPS) is 10.7. The van der Waals surface area contributed by atoms with Gasteiger partial charge in [-0.15, -0.1) is 0 Å². The molecule has 0 unspecified atom stereocenters. The zero-order valence-corrected chi connectivity index (χ0v) is 16.0. The topological polar surface area (TPSA) is 51.2 Å². The molecule has 26 heavy (non-hydrogen) atoms. The molecule has 1 heterocycles. The third kappa shape index (κ3) is 5.05. The van der Waals surface area contributed by atoms with Crippen molar-refractivity contribution in [3.63, 3.8) is 0 Å². The number of nitrogens with one attached hydrogen (secondary N) is 1. The van der Waals surface area contributed by atoms with Gasteiger partial charge in [0.15, 0.2) is 0 Å². The number of halogens is 1. The Morgan fingerprint density at radius 3 is 2.88 bits per heavy atom. The van der Waals surface area contributed by atoms with Crippen LogP contribution in [0, 0.1) is 0 Å². The van der Waals surface area contributed by atoms with E-state index in [2.05, 4.69) is 26.2 Å². The van der Waals surface area contributed by atoms with E-state index >= 15 is 0 Å². The SMILES string of the molecule is O=C(NCc1cccc(OCCCCBr)c1)c1ccc2ncccc2c1. The molecule has 0 fully saturated rings. The molecule has 3 aromatic rings. The van der Waals surface area contributed by atoms with Crippen LogP contribution in [0.1, 0.15) is 28.8 Å². The van der Waals surface area contributed by atoms with Crippen LogP contribution in [-0.4, -0.2) is 22.8 Å². The third-order valence-corrected chi connectivity index (χ3v) is 4.57. The van der Waals surface area contributed by atoms with Crippen molar-refractivity contribution in [1.82, 2.24) is 10.3 Å². The van der Waals surface area contributed by atoms with Crippen LogP contribution in [0.2, 0.25) is 0 Å². The lowest BCUT2D eigenvalue weighted by Gasteiger charge is -2.09. The van der Waals surface area contributed by atoms with Crippen molar-refractivity contribution in [2.75, 3.05) is 11.9 Å². The molecule has 2 aromatic carbocycles. The Balaban J connectivity index is 1.58. The first-order chi connectivity index (χ1) is 12.8. The highest BCUT2D eigenvalue weighted by Crippen LogP contribution is 2.15. The molecule has 1 aromatic heterocycles. The van der Waals surface area contributed by atoms with E-state index < -0.39 is 0 Å². The first-order valence-electron chi connectivity index (χ1n) is 8.67. The second-order valence-corrected chi connectivity index (χ2v) is 6.78. The van der Waals surface area contributed by atoms with Crippen molar-refractivity contribution in [2.45, 2.75) is 19.4 Å². The van der Waals surface area contributed by atoms with Gasteiger partial charge in [0.1, 0.15) is 5.75 Å². The van der Waals surface area contributed by atoms with Gasteiger partial charge < -0.3 is 10.1 Å². The van der Waals surface area contributed by atoms with Crippen LogP contribution in [-0.2, 0) is 6.54 Å². The fourth-order valence-corrected chi connectivity index (χ4v) is 3.03. The summed E-state index contributed by atoms with van der Waals surface area (Å²) in [5.41, 5.74) is 2.53. The Hall–Kier alpha value is -2.40. The van der Waals surface area contributed by atoms with Gasteiger partial charge in [-0.3, -0.25) is 9.78 Å². The summed E-state index contributed by atoms with van der Waals surface area (Å²) in [6, 6.07) is 17.2. The molecule has 0 bridgehead atoms. The van der Waals surface area contributed by atoms with E-state index in [0.29, 0.717) is 18.7 Å². The molecule has 0 saturated heterocycles. The number of hydrogen-bond donors (Lipinski definition) is 1. The maximum atomic E-state index is 12.4. The molecule has 0 spiro atoms. The standard InChI is InChI=1S/C21H21BrN2O2/c22-10-1-2-12-26-19-7-3-5-16(13-19)15-24-21(25)18-8-9-20-17(14-18)6-4-11-23-20/h3-9,11,13-14H,1-2,10,12,15H2,(H,24,25). The van der Waals surface area contributed by atoms with Crippen molar-refractivity contribution in [2.24, 2.45) is 0 Å². The van der Waals surface area contributed by atoms with Gasteiger partial charge in [0.2, 0.25) is 0 Å². The van der Waals surface area contributed by atoms with E-state index in [1.807, 2.05) is 48.5 Å². The maximum absolute atomic E-state index is 12.4. The van der Waals surface area contributed by atoms with Gasteiger partial charge in [-0.25, -0.2) is 0 Å². The number of ether oxygens (including phenoxy) is 1. The number of rotatable bonds is 8. The molecular weight excluding hydrogens is 392 g/mol. The molecule has 5 heteroatoms. The molecule has 0 aliphatic carbocycles. The Labute approximate surface area is 161 Å². The van der Waals surface area contributed by atoms with Crippen molar-refractivity contribution in [3.05, 3.63) is 71.9 Å². The van der Waals surface area contributed by atoms with E-state index in [1.165, 1.54) is 0 Å². The van der Waals surface area contributed by atoms with E-state index in [1.54, 1.807) is 12.3 Å². The molecule has 0 aliphatic rings. The second kappa shape index (κ2) is 9.34. The number of amides is 1. The lowest BCUT2D eigenvalue weighted by atomic mass is 10.1. The molecule has 0 saturated carbocycles. The van der Waals surface area contributed by atoms with E-state index in [4.69, 9.17) is 4.74 Å². The Morgan fingerprint density at radius 2 is 2.00 bits per heavy atom. The Morgan fingerprint density at radius 1 is 1.08 bits per heavy atom. The number of fused-ring (bicyclic) bond motifs is 1. The summed E-state index contributed by atoms with van der Waals surface area (Å²) in [4.78, 5) is 16.7. The number of carbonyl (C=O) groups is 1. The number of pyridine rings is 1. The predicted octanol–water partition coefficient (Wildman–Crippen LogP) is 4.72. The van der Waals surface area contributed by atoms with Gasteiger partial charge >= 0.3 is 0 Å². The third-order valence-electron chi connectivity index (χ3n) is 4.01. The van der Waals surface area contributed by atoms with Crippen molar-refractivity contribution in [1.29, 1.82) is 0 Å². The minimum Gasteiger partial charge on any atom is -0.494 e. The van der Waals surface area contributed by atoms with Crippen LogP contribution in [0.5, 0.6) is 5.75 Å². The van der Waals surface area contributed by atoms with E-state index in [0.717, 1.165) is 40.4 Å². The van der Waals surface area contributed by atoms with Gasteiger partial charge in [0.05, 0.1) is 12.1 Å². The van der Waals surface area contributed by atoms with Crippen molar-refractivity contribution >= 4 is 32.7 Å². The summed E-state index contributed by atoms with van der Waals surface area (Å²) in [5.74, 6) is 0.738. The molecular formula is C21H21BrN2O2. The van der Waals surface area contributed by atoms with Gasteiger partial charge in [0, 0.05) is 29.0 Å². The minimum atomic E-state index is -0.0978. The van der Waals surface area contributed by atoms with E-state index in [-0.39, 0.29) is 5.91 Å². The predicted molar refractivity (Wildman–Crippen MR) is 108 cm³/mol. The van der Waals surface area contributed by atoms with Crippen molar-refractivity contribution < 1.29 is 9.53 Å². The average molecular weight is 413 g/mol. The summed E-state index contributed by atoms with van der Waals surface area (Å²) >= 11 is 3.41. The lowest BCUT2D eigenvalue weighted by Crippen LogP contribution is -2.22. The fraction of sp³-hybridized carbons (Fsp3) is 0.238. The largest absolute Gasteiger partial charge is 0.494 e. The first kappa shape index (κ1) is 18.4. The van der Waals surface area contributed by atoms with Crippen LogP contribution in [0.3, 0.4) is 0 Å². The quantitative estimate of drug-likeness (QED) is 0.430. The van der Waals surface area contributed by atoms with Crippen LogP contribution in [0.4, 0.5) is 0 Å². The number of benzene rings is 2. The second-order valence-electron chi connectivity index (χ2n) is 5.99. The van der Waals surface area contributed by atoms with Crippen LogP contribution >= 0.6 is 15.9 Å². The van der Waals surface area contributed by atoms with Gasteiger partial charge in [-0.1, -0.05) is 34.1 Å². The number of aromatic nitrogens is 1. The zero-order valence-electron chi connectivity index (χ0n) is 14.5. The van der Waals surface area contributed by atoms with Gasteiger partial charge in [-0.05, 0) is 54.8 Å². The molecule has 4 nitrogen and oxygen atoms in total. The molecule has 1 amide bonds. The molecule has 1 N–H and O–H groups in total. The molecule has 3 rings (SSSR count).